The van der Waals surface area contributed by atoms with Gasteiger partial charge in [0.1, 0.15) is 0 Å². The number of hydrogen-bond acceptors (Lipinski definition) is 2. The number of carbonyl (C=O) groups is 1. The molecule has 1 aromatic rings. The van der Waals surface area contributed by atoms with E-state index in [1.807, 2.05) is 0 Å². The first-order valence-corrected chi connectivity index (χ1v) is 6.40. The molecule has 1 atom stereocenters. The zero-order valence-corrected chi connectivity index (χ0v) is 11.2. The molecule has 2 rings (SSSR count). The molecule has 20 heavy (non-hydrogen) atoms. The average molecular weight is 308 g/mol. The summed E-state index contributed by atoms with van der Waals surface area (Å²) in [7, 11) is 0. The van der Waals surface area contributed by atoms with Crippen molar-refractivity contribution in [2.75, 3.05) is 13.1 Å². The van der Waals surface area contributed by atoms with Crippen molar-refractivity contribution in [1.29, 1.82) is 0 Å². The van der Waals surface area contributed by atoms with E-state index in [4.69, 9.17) is 11.6 Å². The lowest BCUT2D eigenvalue weighted by Gasteiger charge is -2.25. The Bertz CT molecular complexity index is 503. The lowest BCUT2D eigenvalue weighted by atomic mass is 10.0. The maximum absolute atomic E-state index is 12.7. The van der Waals surface area contributed by atoms with Crippen molar-refractivity contribution in [3.8, 4) is 0 Å². The Balaban J connectivity index is 2.00. The van der Waals surface area contributed by atoms with Crippen molar-refractivity contribution in [1.82, 2.24) is 4.90 Å². The topological polar surface area (TPSA) is 40.5 Å². The molecule has 0 aromatic heterocycles. The first-order valence-electron chi connectivity index (χ1n) is 6.03. The third-order valence-electron chi connectivity index (χ3n) is 3.40. The van der Waals surface area contributed by atoms with Crippen LogP contribution in [0.15, 0.2) is 24.3 Å². The molecule has 0 saturated carbocycles. The summed E-state index contributed by atoms with van der Waals surface area (Å²) in [6.07, 6.45) is -5.21. The zero-order valence-electron chi connectivity index (χ0n) is 10.5. The van der Waals surface area contributed by atoms with Crippen LogP contribution in [0.3, 0.4) is 0 Å². The number of nitrogens with zero attached hydrogens (tertiary/aromatic N) is 1. The molecule has 1 heterocycles. The summed E-state index contributed by atoms with van der Waals surface area (Å²) in [5, 5.41) is 10.0. The minimum absolute atomic E-state index is 0.00882. The van der Waals surface area contributed by atoms with Crippen LogP contribution in [0.2, 0.25) is 5.02 Å². The van der Waals surface area contributed by atoms with Gasteiger partial charge in [-0.2, -0.15) is 13.2 Å². The van der Waals surface area contributed by atoms with Gasteiger partial charge in [-0.3, -0.25) is 4.79 Å². The van der Waals surface area contributed by atoms with Crippen molar-refractivity contribution in [3.05, 3.63) is 34.9 Å². The average Bonchev–Trinajstić information content (AvgIpc) is 2.76. The number of amides is 1. The number of hydrogen-bond donors (Lipinski definition) is 1. The van der Waals surface area contributed by atoms with E-state index < -0.39 is 30.7 Å². The second-order valence-corrected chi connectivity index (χ2v) is 5.33. The zero-order chi connectivity index (χ0) is 15.0. The standard InChI is InChI=1S/C13H13ClF3NO2/c14-10-3-1-9(2-4-10)7-11(19)18-6-5-12(20,8-18)13(15,16)17/h1-4,20H,5-8H2/t12-/m0/s1. The summed E-state index contributed by atoms with van der Waals surface area (Å²) >= 11 is 5.71. The molecule has 1 aromatic carbocycles. The minimum Gasteiger partial charge on any atom is -0.379 e. The number of likely N-dealkylation sites (tertiary alicyclic amines) is 1. The van der Waals surface area contributed by atoms with Gasteiger partial charge in [-0.25, -0.2) is 0 Å². The predicted molar refractivity (Wildman–Crippen MR) is 67.4 cm³/mol. The number of halogens is 4. The quantitative estimate of drug-likeness (QED) is 0.911. The molecule has 1 aliphatic rings. The summed E-state index contributed by atoms with van der Waals surface area (Å²) in [5.41, 5.74) is -2.12. The van der Waals surface area contributed by atoms with Gasteiger partial charge in [-0.05, 0) is 17.7 Å². The van der Waals surface area contributed by atoms with E-state index in [0.29, 0.717) is 10.6 Å². The molecule has 1 aliphatic heterocycles. The third kappa shape index (κ3) is 3.07. The molecule has 0 radical (unpaired) electrons. The highest BCUT2D eigenvalue weighted by Crippen LogP contribution is 2.37. The van der Waals surface area contributed by atoms with E-state index in [0.717, 1.165) is 4.90 Å². The molecule has 0 bridgehead atoms. The van der Waals surface area contributed by atoms with Crippen molar-refractivity contribution < 1.29 is 23.1 Å². The van der Waals surface area contributed by atoms with Gasteiger partial charge in [0.05, 0.1) is 13.0 Å². The number of rotatable bonds is 2. The molecule has 0 spiro atoms. The molecule has 110 valence electrons. The fraction of sp³-hybridized carbons (Fsp3) is 0.462. The van der Waals surface area contributed by atoms with E-state index in [9.17, 15) is 23.1 Å². The molecule has 1 N–H and O–H groups in total. The number of carbonyl (C=O) groups excluding carboxylic acids is 1. The van der Waals surface area contributed by atoms with Gasteiger partial charge in [0.15, 0.2) is 5.60 Å². The Hall–Kier alpha value is -1.27. The van der Waals surface area contributed by atoms with Crippen LogP contribution in [-0.2, 0) is 11.2 Å². The SMILES string of the molecule is O=C(Cc1ccc(Cl)cc1)N1CC[C@@](O)(C(F)(F)F)C1. The maximum Gasteiger partial charge on any atom is 0.419 e. The number of β-amino-alcohol motifs (C(OH)–C–C–N with tert-alkyl or cyclic N) is 1. The highest BCUT2D eigenvalue weighted by molar-refractivity contribution is 6.30. The lowest BCUT2D eigenvalue weighted by molar-refractivity contribution is -0.253. The van der Waals surface area contributed by atoms with E-state index in [1.165, 1.54) is 0 Å². The molecule has 1 amide bonds. The fourth-order valence-corrected chi connectivity index (χ4v) is 2.25. The van der Waals surface area contributed by atoms with Gasteiger partial charge in [0, 0.05) is 18.0 Å². The highest BCUT2D eigenvalue weighted by Gasteiger charge is 2.57. The maximum atomic E-state index is 12.7. The van der Waals surface area contributed by atoms with Crippen LogP contribution in [0, 0.1) is 0 Å². The second-order valence-electron chi connectivity index (χ2n) is 4.90. The molecule has 7 heteroatoms. The van der Waals surface area contributed by atoms with Crippen LogP contribution in [0.1, 0.15) is 12.0 Å². The van der Waals surface area contributed by atoms with Crippen LogP contribution in [0.4, 0.5) is 13.2 Å². The number of aliphatic hydroxyl groups is 1. The molecular formula is C13H13ClF3NO2. The van der Waals surface area contributed by atoms with Crippen molar-refractivity contribution >= 4 is 17.5 Å². The van der Waals surface area contributed by atoms with Gasteiger partial charge >= 0.3 is 6.18 Å². The summed E-state index contributed by atoms with van der Waals surface area (Å²) in [4.78, 5) is 13.0. The second kappa shape index (κ2) is 5.26. The molecule has 1 fully saturated rings. The van der Waals surface area contributed by atoms with Crippen LogP contribution in [-0.4, -0.2) is 40.8 Å². The van der Waals surface area contributed by atoms with Crippen LogP contribution in [0.25, 0.3) is 0 Å². The first-order chi connectivity index (χ1) is 9.21. The fourth-order valence-electron chi connectivity index (χ4n) is 2.13. The van der Waals surface area contributed by atoms with E-state index >= 15 is 0 Å². The molecule has 0 aliphatic carbocycles. The summed E-state index contributed by atoms with van der Waals surface area (Å²) in [5.74, 6) is -0.438. The normalized spacial score (nSPS) is 23.1. The van der Waals surface area contributed by atoms with Gasteiger partial charge in [-0.1, -0.05) is 23.7 Å². The third-order valence-corrected chi connectivity index (χ3v) is 3.65. The van der Waals surface area contributed by atoms with E-state index in [2.05, 4.69) is 0 Å². The Morgan fingerprint density at radius 1 is 1.35 bits per heavy atom. The number of alkyl halides is 3. The van der Waals surface area contributed by atoms with Gasteiger partial charge < -0.3 is 10.0 Å². The Morgan fingerprint density at radius 3 is 2.45 bits per heavy atom. The van der Waals surface area contributed by atoms with Crippen LogP contribution >= 0.6 is 11.6 Å². The van der Waals surface area contributed by atoms with Gasteiger partial charge in [0.25, 0.3) is 0 Å². The van der Waals surface area contributed by atoms with Crippen molar-refractivity contribution in [2.24, 2.45) is 0 Å². The summed E-state index contributed by atoms with van der Waals surface area (Å²) < 4.78 is 38.0. The smallest absolute Gasteiger partial charge is 0.379 e. The minimum atomic E-state index is -4.72. The van der Waals surface area contributed by atoms with Gasteiger partial charge in [0.2, 0.25) is 5.91 Å². The predicted octanol–water partition coefficient (Wildman–Crippen LogP) is 2.41. The van der Waals surface area contributed by atoms with E-state index in [-0.39, 0.29) is 13.0 Å². The van der Waals surface area contributed by atoms with E-state index in [1.54, 1.807) is 24.3 Å². The molecule has 1 saturated heterocycles. The molecule has 0 unspecified atom stereocenters. The summed E-state index contributed by atoms with van der Waals surface area (Å²) in [6, 6.07) is 6.51. The summed E-state index contributed by atoms with van der Waals surface area (Å²) in [6.45, 7) is -0.800. The monoisotopic (exact) mass is 307 g/mol. The Morgan fingerprint density at radius 2 is 1.95 bits per heavy atom. The molecule has 3 nitrogen and oxygen atoms in total. The molecular weight excluding hydrogens is 295 g/mol. The largest absolute Gasteiger partial charge is 0.419 e. The van der Waals surface area contributed by atoms with Crippen LogP contribution in [0.5, 0.6) is 0 Å². The van der Waals surface area contributed by atoms with Crippen LogP contribution < -0.4 is 0 Å². The highest BCUT2D eigenvalue weighted by atomic mass is 35.5. The van der Waals surface area contributed by atoms with Crippen molar-refractivity contribution in [2.45, 2.75) is 24.6 Å². The van der Waals surface area contributed by atoms with Crippen molar-refractivity contribution in [3.63, 3.8) is 0 Å². The number of benzene rings is 1. The Labute approximate surface area is 118 Å². The first kappa shape index (κ1) is 15.1. The van der Waals surface area contributed by atoms with Gasteiger partial charge in [-0.15, -0.1) is 0 Å². The Kier molecular flexibility index (Phi) is 3.97. The lowest BCUT2D eigenvalue weighted by Crippen LogP contribution is -2.48.